The van der Waals surface area contributed by atoms with Gasteiger partial charge in [-0.25, -0.2) is 9.97 Å². The number of aromatic nitrogens is 2. The van der Waals surface area contributed by atoms with Crippen molar-refractivity contribution in [2.45, 2.75) is 19.4 Å². The van der Waals surface area contributed by atoms with Crippen molar-refractivity contribution in [3.63, 3.8) is 0 Å². The lowest BCUT2D eigenvalue weighted by atomic mass is 10.1. The van der Waals surface area contributed by atoms with Gasteiger partial charge in [0, 0.05) is 12.2 Å². The maximum atomic E-state index is 4.19. The maximum absolute atomic E-state index is 4.19. The average molecular weight is 292 g/mol. The number of halogens is 1. The van der Waals surface area contributed by atoms with Gasteiger partial charge in [0.2, 0.25) is 0 Å². The van der Waals surface area contributed by atoms with Crippen molar-refractivity contribution in [3.8, 4) is 0 Å². The van der Waals surface area contributed by atoms with Crippen molar-refractivity contribution in [3.05, 3.63) is 52.9 Å². The maximum Gasteiger partial charge on any atom is 0.143 e. The van der Waals surface area contributed by atoms with Gasteiger partial charge in [0.15, 0.2) is 0 Å². The summed E-state index contributed by atoms with van der Waals surface area (Å²) in [5.74, 6) is 0.837. The van der Waals surface area contributed by atoms with Crippen LogP contribution in [0.15, 0.2) is 47.3 Å². The Morgan fingerprint density at radius 3 is 2.76 bits per heavy atom. The summed E-state index contributed by atoms with van der Waals surface area (Å²) in [6, 6.07) is 10.7. The molecule has 0 aliphatic rings. The smallest absolute Gasteiger partial charge is 0.143 e. The first kappa shape index (κ1) is 12.0. The fourth-order valence-corrected chi connectivity index (χ4v) is 2.01. The Balaban J connectivity index is 1.98. The molecule has 0 radical (unpaired) electrons. The summed E-state index contributed by atoms with van der Waals surface area (Å²) >= 11 is 3.42. The second kappa shape index (κ2) is 5.77. The van der Waals surface area contributed by atoms with E-state index in [0.717, 1.165) is 16.7 Å². The van der Waals surface area contributed by atoms with E-state index < -0.39 is 0 Å². The molecule has 1 unspecified atom stereocenters. The van der Waals surface area contributed by atoms with Crippen LogP contribution in [-0.2, 0) is 6.42 Å². The van der Waals surface area contributed by atoms with Crippen LogP contribution in [0.4, 0.5) is 5.82 Å². The van der Waals surface area contributed by atoms with Crippen LogP contribution >= 0.6 is 15.9 Å². The Bertz CT molecular complexity index is 473. The lowest BCUT2D eigenvalue weighted by Gasteiger charge is -2.15. The largest absolute Gasteiger partial charge is 0.366 e. The van der Waals surface area contributed by atoms with E-state index in [0.29, 0.717) is 6.04 Å². The molecule has 0 bridgehead atoms. The van der Waals surface area contributed by atoms with Gasteiger partial charge in [-0.15, -0.1) is 0 Å². The number of benzene rings is 1. The molecule has 0 aliphatic heterocycles. The van der Waals surface area contributed by atoms with E-state index in [1.807, 2.05) is 6.07 Å². The lowest BCUT2D eigenvalue weighted by Crippen LogP contribution is -2.19. The first-order valence-corrected chi connectivity index (χ1v) is 6.31. The molecule has 17 heavy (non-hydrogen) atoms. The standard InChI is InChI=1S/C13H14BrN3/c1-10(7-11-5-3-2-4-6-11)17-13-12(14)8-15-9-16-13/h2-6,8-10H,7H2,1H3,(H,15,16,17). The van der Waals surface area contributed by atoms with Gasteiger partial charge in [-0.05, 0) is 34.8 Å². The van der Waals surface area contributed by atoms with E-state index in [9.17, 15) is 0 Å². The van der Waals surface area contributed by atoms with E-state index >= 15 is 0 Å². The van der Waals surface area contributed by atoms with Gasteiger partial charge in [0.1, 0.15) is 12.1 Å². The molecule has 1 N–H and O–H groups in total. The summed E-state index contributed by atoms with van der Waals surface area (Å²) in [6.07, 6.45) is 4.25. The molecule has 1 aromatic carbocycles. The number of nitrogens with zero attached hydrogens (tertiary/aromatic N) is 2. The third kappa shape index (κ3) is 3.53. The Morgan fingerprint density at radius 1 is 1.29 bits per heavy atom. The number of hydrogen-bond donors (Lipinski definition) is 1. The highest BCUT2D eigenvalue weighted by atomic mass is 79.9. The molecule has 2 rings (SSSR count). The number of hydrogen-bond acceptors (Lipinski definition) is 3. The zero-order chi connectivity index (χ0) is 12.1. The minimum atomic E-state index is 0.323. The first-order valence-electron chi connectivity index (χ1n) is 5.51. The molecule has 0 saturated heterocycles. The second-order valence-electron chi connectivity index (χ2n) is 3.95. The molecule has 4 heteroatoms. The van der Waals surface area contributed by atoms with E-state index in [1.54, 1.807) is 12.5 Å². The van der Waals surface area contributed by atoms with E-state index in [1.165, 1.54) is 5.56 Å². The zero-order valence-corrected chi connectivity index (χ0v) is 11.2. The minimum absolute atomic E-state index is 0.323. The summed E-state index contributed by atoms with van der Waals surface area (Å²) in [4.78, 5) is 8.13. The molecule has 0 aliphatic carbocycles. The zero-order valence-electron chi connectivity index (χ0n) is 9.60. The van der Waals surface area contributed by atoms with Crippen molar-refractivity contribution in [1.29, 1.82) is 0 Å². The summed E-state index contributed by atoms with van der Waals surface area (Å²) in [5, 5.41) is 3.36. The monoisotopic (exact) mass is 291 g/mol. The fourth-order valence-electron chi connectivity index (χ4n) is 1.67. The van der Waals surface area contributed by atoms with E-state index in [4.69, 9.17) is 0 Å². The van der Waals surface area contributed by atoms with Crippen molar-refractivity contribution in [2.75, 3.05) is 5.32 Å². The summed E-state index contributed by atoms with van der Waals surface area (Å²) < 4.78 is 0.889. The van der Waals surface area contributed by atoms with Gasteiger partial charge in [-0.1, -0.05) is 30.3 Å². The Morgan fingerprint density at radius 2 is 2.06 bits per heavy atom. The van der Waals surface area contributed by atoms with Gasteiger partial charge in [0.05, 0.1) is 4.47 Å². The highest BCUT2D eigenvalue weighted by Crippen LogP contribution is 2.18. The molecular weight excluding hydrogens is 278 g/mol. The SMILES string of the molecule is CC(Cc1ccccc1)Nc1ncncc1Br. The van der Waals surface area contributed by atoms with Crippen molar-refractivity contribution < 1.29 is 0 Å². The van der Waals surface area contributed by atoms with Crippen LogP contribution in [0.2, 0.25) is 0 Å². The first-order chi connectivity index (χ1) is 8.25. The second-order valence-corrected chi connectivity index (χ2v) is 4.81. The molecule has 1 atom stereocenters. The predicted molar refractivity (Wildman–Crippen MR) is 73.0 cm³/mol. The number of nitrogens with one attached hydrogen (secondary N) is 1. The number of anilines is 1. The van der Waals surface area contributed by atoms with Gasteiger partial charge in [-0.3, -0.25) is 0 Å². The third-order valence-electron chi connectivity index (χ3n) is 2.44. The molecule has 0 fully saturated rings. The lowest BCUT2D eigenvalue weighted by molar-refractivity contribution is 0.782. The fraction of sp³-hybridized carbons (Fsp3) is 0.231. The molecule has 0 saturated carbocycles. The highest BCUT2D eigenvalue weighted by Gasteiger charge is 2.06. The van der Waals surface area contributed by atoms with Crippen molar-refractivity contribution in [1.82, 2.24) is 9.97 Å². The quantitative estimate of drug-likeness (QED) is 0.939. The molecule has 1 heterocycles. The van der Waals surface area contributed by atoms with Crippen molar-refractivity contribution in [2.24, 2.45) is 0 Å². The van der Waals surface area contributed by atoms with Crippen LogP contribution in [0.1, 0.15) is 12.5 Å². The van der Waals surface area contributed by atoms with Crippen LogP contribution in [0, 0.1) is 0 Å². The van der Waals surface area contributed by atoms with Crippen LogP contribution in [0.3, 0.4) is 0 Å². The highest BCUT2D eigenvalue weighted by molar-refractivity contribution is 9.10. The average Bonchev–Trinajstić information content (AvgIpc) is 2.33. The van der Waals surface area contributed by atoms with Gasteiger partial charge < -0.3 is 5.32 Å². The number of rotatable bonds is 4. The van der Waals surface area contributed by atoms with E-state index in [2.05, 4.69) is 62.4 Å². The van der Waals surface area contributed by atoms with E-state index in [-0.39, 0.29) is 0 Å². The molecule has 0 spiro atoms. The Hall–Kier alpha value is -1.42. The van der Waals surface area contributed by atoms with Gasteiger partial charge in [0.25, 0.3) is 0 Å². The Labute approximate surface area is 109 Å². The summed E-state index contributed by atoms with van der Waals surface area (Å²) in [7, 11) is 0. The predicted octanol–water partition coefficient (Wildman–Crippen LogP) is 3.28. The molecule has 1 aromatic heterocycles. The van der Waals surface area contributed by atoms with Crippen molar-refractivity contribution >= 4 is 21.7 Å². The summed E-state index contributed by atoms with van der Waals surface area (Å²) in [6.45, 7) is 2.14. The summed E-state index contributed by atoms with van der Waals surface area (Å²) in [5.41, 5.74) is 1.32. The van der Waals surface area contributed by atoms with Crippen LogP contribution in [0.5, 0.6) is 0 Å². The molecule has 2 aromatic rings. The van der Waals surface area contributed by atoms with Gasteiger partial charge >= 0.3 is 0 Å². The normalized spacial score (nSPS) is 12.1. The Kier molecular flexibility index (Phi) is 4.09. The molecule has 0 amide bonds. The minimum Gasteiger partial charge on any atom is -0.366 e. The third-order valence-corrected chi connectivity index (χ3v) is 3.02. The van der Waals surface area contributed by atoms with Gasteiger partial charge in [-0.2, -0.15) is 0 Å². The van der Waals surface area contributed by atoms with Crippen LogP contribution < -0.4 is 5.32 Å². The van der Waals surface area contributed by atoms with Crippen LogP contribution in [-0.4, -0.2) is 16.0 Å². The molecule has 88 valence electrons. The van der Waals surface area contributed by atoms with Crippen LogP contribution in [0.25, 0.3) is 0 Å². The topological polar surface area (TPSA) is 37.8 Å². The molecular formula is C13H14BrN3. The molecule has 3 nitrogen and oxygen atoms in total.